The van der Waals surface area contributed by atoms with Gasteiger partial charge in [0.1, 0.15) is 0 Å². The smallest absolute Gasteiger partial charge is 0.244 e. The van der Waals surface area contributed by atoms with Gasteiger partial charge in [0.25, 0.3) is 0 Å². The predicted molar refractivity (Wildman–Crippen MR) is 68.6 cm³/mol. The number of hydrogen-bond donors (Lipinski definition) is 1. The van der Waals surface area contributed by atoms with Crippen LogP contribution in [0.3, 0.4) is 0 Å². The standard InChI is InChI=1S/C13H18N4O/c1-8-7-15-6-5-9(8)11-16-12(18-17-11)10(14)13(2,3)4/h5-7,10H,14H2,1-4H3. The minimum absolute atomic E-state index is 0.114. The van der Waals surface area contributed by atoms with E-state index in [2.05, 4.69) is 15.1 Å². The summed E-state index contributed by atoms with van der Waals surface area (Å²) in [5.74, 6) is 1.03. The molecule has 0 amide bonds. The summed E-state index contributed by atoms with van der Waals surface area (Å²) >= 11 is 0. The van der Waals surface area contributed by atoms with Crippen LogP contribution in [0.25, 0.3) is 11.4 Å². The molecule has 5 nitrogen and oxygen atoms in total. The average Bonchev–Trinajstić information content (AvgIpc) is 2.76. The Morgan fingerprint density at radius 2 is 2.06 bits per heavy atom. The largest absolute Gasteiger partial charge is 0.337 e. The summed E-state index contributed by atoms with van der Waals surface area (Å²) in [5, 5.41) is 3.99. The van der Waals surface area contributed by atoms with E-state index in [1.165, 1.54) is 0 Å². The number of rotatable bonds is 2. The van der Waals surface area contributed by atoms with Crippen LogP contribution in [0.2, 0.25) is 0 Å². The van der Waals surface area contributed by atoms with E-state index in [0.29, 0.717) is 11.7 Å². The highest BCUT2D eigenvalue weighted by Crippen LogP contribution is 2.30. The molecule has 0 saturated heterocycles. The van der Waals surface area contributed by atoms with Crippen molar-refractivity contribution in [3.8, 4) is 11.4 Å². The molecule has 0 aliphatic rings. The monoisotopic (exact) mass is 246 g/mol. The van der Waals surface area contributed by atoms with Gasteiger partial charge in [-0.2, -0.15) is 4.98 Å². The second-order valence-electron chi connectivity index (χ2n) is 5.49. The van der Waals surface area contributed by atoms with Gasteiger partial charge < -0.3 is 10.3 Å². The average molecular weight is 246 g/mol. The zero-order valence-electron chi connectivity index (χ0n) is 11.1. The molecule has 0 spiro atoms. The summed E-state index contributed by atoms with van der Waals surface area (Å²) in [5.41, 5.74) is 7.91. The van der Waals surface area contributed by atoms with Gasteiger partial charge in [0.15, 0.2) is 0 Å². The van der Waals surface area contributed by atoms with E-state index in [9.17, 15) is 0 Å². The number of aromatic nitrogens is 3. The molecule has 0 aliphatic heterocycles. The Morgan fingerprint density at radius 3 is 2.67 bits per heavy atom. The molecule has 0 fully saturated rings. The summed E-state index contributed by atoms with van der Waals surface area (Å²) < 4.78 is 5.26. The Labute approximate surface area is 106 Å². The lowest BCUT2D eigenvalue weighted by atomic mass is 9.87. The first-order valence-corrected chi connectivity index (χ1v) is 5.90. The molecular formula is C13H18N4O. The van der Waals surface area contributed by atoms with Crippen LogP contribution in [-0.2, 0) is 0 Å². The number of hydrogen-bond acceptors (Lipinski definition) is 5. The molecule has 0 radical (unpaired) electrons. The fourth-order valence-electron chi connectivity index (χ4n) is 1.57. The maximum atomic E-state index is 6.09. The van der Waals surface area contributed by atoms with E-state index in [-0.39, 0.29) is 11.5 Å². The predicted octanol–water partition coefficient (Wildman–Crippen LogP) is 2.49. The van der Waals surface area contributed by atoms with Gasteiger partial charge in [0.2, 0.25) is 11.7 Å². The van der Waals surface area contributed by atoms with Gasteiger partial charge in [-0.05, 0) is 24.0 Å². The summed E-state index contributed by atoms with van der Waals surface area (Å²) in [7, 11) is 0. The Bertz CT molecular complexity index is 542. The number of nitrogens with zero attached hydrogens (tertiary/aromatic N) is 3. The Kier molecular flexibility index (Phi) is 3.17. The Hall–Kier alpha value is -1.75. The van der Waals surface area contributed by atoms with Crippen molar-refractivity contribution in [2.75, 3.05) is 0 Å². The lowest BCUT2D eigenvalue weighted by Crippen LogP contribution is -2.26. The number of nitrogens with two attached hydrogens (primary N) is 1. The normalized spacial score (nSPS) is 13.6. The van der Waals surface area contributed by atoms with Gasteiger partial charge in [-0.15, -0.1) is 0 Å². The molecular weight excluding hydrogens is 228 g/mol. The molecule has 2 aromatic heterocycles. The van der Waals surface area contributed by atoms with Crippen molar-refractivity contribution in [3.05, 3.63) is 29.9 Å². The molecule has 0 aromatic carbocycles. The molecule has 96 valence electrons. The van der Waals surface area contributed by atoms with Crippen molar-refractivity contribution >= 4 is 0 Å². The Morgan fingerprint density at radius 1 is 1.33 bits per heavy atom. The van der Waals surface area contributed by atoms with E-state index in [1.807, 2.05) is 33.8 Å². The zero-order chi connectivity index (χ0) is 13.3. The topological polar surface area (TPSA) is 77.8 Å². The van der Waals surface area contributed by atoms with Gasteiger partial charge in [-0.25, -0.2) is 0 Å². The first-order valence-electron chi connectivity index (χ1n) is 5.90. The van der Waals surface area contributed by atoms with Gasteiger partial charge in [0.05, 0.1) is 6.04 Å². The third-order valence-electron chi connectivity index (χ3n) is 2.90. The highest BCUT2D eigenvalue weighted by molar-refractivity contribution is 5.57. The van der Waals surface area contributed by atoms with Crippen LogP contribution in [0.5, 0.6) is 0 Å². The molecule has 2 aromatic rings. The van der Waals surface area contributed by atoms with Crippen molar-refractivity contribution in [1.82, 2.24) is 15.1 Å². The fourth-order valence-corrected chi connectivity index (χ4v) is 1.57. The van der Waals surface area contributed by atoms with Gasteiger partial charge in [-0.3, -0.25) is 4.98 Å². The molecule has 2 N–H and O–H groups in total. The van der Waals surface area contributed by atoms with E-state index in [0.717, 1.165) is 11.1 Å². The lowest BCUT2D eigenvalue weighted by molar-refractivity contribution is 0.253. The van der Waals surface area contributed by atoms with Crippen LogP contribution in [0.1, 0.15) is 38.3 Å². The van der Waals surface area contributed by atoms with E-state index in [1.54, 1.807) is 12.4 Å². The van der Waals surface area contributed by atoms with Gasteiger partial charge >= 0.3 is 0 Å². The zero-order valence-corrected chi connectivity index (χ0v) is 11.1. The fraction of sp³-hybridized carbons (Fsp3) is 0.462. The van der Waals surface area contributed by atoms with Gasteiger partial charge in [-0.1, -0.05) is 25.9 Å². The van der Waals surface area contributed by atoms with Crippen LogP contribution in [0, 0.1) is 12.3 Å². The van der Waals surface area contributed by atoms with Crippen LogP contribution in [0.4, 0.5) is 0 Å². The summed E-state index contributed by atoms with van der Waals surface area (Å²) in [6.07, 6.45) is 3.48. The maximum absolute atomic E-state index is 6.09. The highest BCUT2D eigenvalue weighted by atomic mass is 16.5. The second kappa shape index (κ2) is 4.49. The first-order chi connectivity index (χ1) is 8.39. The van der Waals surface area contributed by atoms with Crippen LogP contribution < -0.4 is 5.73 Å². The van der Waals surface area contributed by atoms with E-state index < -0.39 is 0 Å². The Balaban J connectivity index is 2.35. The molecule has 5 heteroatoms. The van der Waals surface area contributed by atoms with Crippen LogP contribution >= 0.6 is 0 Å². The van der Waals surface area contributed by atoms with Crippen molar-refractivity contribution < 1.29 is 4.52 Å². The molecule has 1 atom stereocenters. The van der Waals surface area contributed by atoms with E-state index in [4.69, 9.17) is 10.3 Å². The van der Waals surface area contributed by atoms with E-state index >= 15 is 0 Å². The molecule has 0 aliphatic carbocycles. The number of pyridine rings is 1. The van der Waals surface area contributed by atoms with Crippen molar-refractivity contribution in [3.63, 3.8) is 0 Å². The van der Waals surface area contributed by atoms with Gasteiger partial charge in [0, 0.05) is 18.0 Å². The number of aryl methyl sites for hydroxylation is 1. The molecule has 2 heterocycles. The van der Waals surface area contributed by atoms with Crippen LogP contribution in [-0.4, -0.2) is 15.1 Å². The molecule has 0 bridgehead atoms. The van der Waals surface area contributed by atoms with Crippen molar-refractivity contribution in [1.29, 1.82) is 0 Å². The molecule has 18 heavy (non-hydrogen) atoms. The quantitative estimate of drug-likeness (QED) is 0.880. The molecule has 2 rings (SSSR count). The summed E-state index contributed by atoms with van der Waals surface area (Å²) in [6, 6.07) is 1.59. The SMILES string of the molecule is Cc1cnccc1-c1noc(C(N)C(C)(C)C)n1. The third kappa shape index (κ3) is 2.41. The molecule has 0 saturated carbocycles. The van der Waals surface area contributed by atoms with Crippen molar-refractivity contribution in [2.45, 2.75) is 33.7 Å². The third-order valence-corrected chi connectivity index (χ3v) is 2.90. The first kappa shape index (κ1) is 12.7. The lowest BCUT2D eigenvalue weighted by Gasteiger charge is -2.23. The van der Waals surface area contributed by atoms with Crippen LogP contribution in [0.15, 0.2) is 23.0 Å². The summed E-state index contributed by atoms with van der Waals surface area (Å²) in [6.45, 7) is 8.08. The summed E-state index contributed by atoms with van der Waals surface area (Å²) in [4.78, 5) is 8.42. The minimum atomic E-state index is -0.277. The van der Waals surface area contributed by atoms with Crippen molar-refractivity contribution in [2.24, 2.45) is 11.1 Å². The molecule has 1 unspecified atom stereocenters. The minimum Gasteiger partial charge on any atom is -0.337 e. The highest BCUT2D eigenvalue weighted by Gasteiger charge is 2.27. The maximum Gasteiger partial charge on any atom is 0.244 e. The second-order valence-corrected chi connectivity index (χ2v) is 5.49.